The van der Waals surface area contributed by atoms with Gasteiger partial charge in [-0.3, -0.25) is 0 Å². The van der Waals surface area contributed by atoms with E-state index in [4.69, 9.17) is 0 Å². The maximum atomic E-state index is 9.64. The van der Waals surface area contributed by atoms with Crippen molar-refractivity contribution in [1.29, 1.82) is 0 Å². The molecule has 0 saturated carbocycles. The topological polar surface area (TPSA) is 67.2 Å². The van der Waals surface area contributed by atoms with Gasteiger partial charge in [-0.05, 0) is 13.0 Å². The molecule has 0 amide bonds. The molecule has 0 atom stereocenters. The van der Waals surface area contributed by atoms with Crippen LogP contribution in [-0.2, 0) is 0 Å². The maximum absolute atomic E-state index is 9.64. The second kappa shape index (κ2) is 2.86. The molecule has 5 heteroatoms. The van der Waals surface area contributed by atoms with E-state index in [1.807, 2.05) is 0 Å². The molecule has 0 saturated heterocycles. The smallest absolute Gasteiger partial charge is 0.220 e. The number of rotatable bonds is 2. The van der Waals surface area contributed by atoms with Crippen molar-refractivity contribution in [1.82, 2.24) is 9.97 Å². The molecule has 1 N–H and O–H groups in total. The van der Waals surface area contributed by atoms with Gasteiger partial charge >= 0.3 is 0 Å². The Morgan fingerprint density at radius 2 is 2.50 bits per heavy atom. The zero-order chi connectivity index (χ0) is 7.40. The predicted octanol–water partition coefficient (Wildman–Crippen LogP) is 0.878. The summed E-state index contributed by atoms with van der Waals surface area (Å²) in [6, 6.07) is 1.73. The number of aryl methyl sites for hydroxylation is 1. The third kappa shape index (κ3) is 1.48. The average molecular weight is 138 g/mol. The Morgan fingerprint density at radius 3 is 3.10 bits per heavy atom. The Bertz CT molecular complexity index is 237. The molecule has 0 aromatic carbocycles. The van der Waals surface area contributed by atoms with E-state index in [9.17, 15) is 4.91 Å². The predicted molar refractivity (Wildman–Crippen MR) is 36.2 cm³/mol. The molecule has 10 heavy (non-hydrogen) atoms. The Hall–Kier alpha value is -1.52. The van der Waals surface area contributed by atoms with E-state index in [2.05, 4.69) is 20.7 Å². The Balaban J connectivity index is 2.84. The number of nitroso groups, excluding NO2 is 1. The van der Waals surface area contributed by atoms with Gasteiger partial charge in [-0.1, -0.05) is 0 Å². The highest BCUT2D eigenvalue weighted by atomic mass is 16.3. The highest BCUT2D eigenvalue weighted by Crippen LogP contribution is 1.97. The minimum atomic E-state index is 0.231. The van der Waals surface area contributed by atoms with E-state index in [0.717, 1.165) is 5.69 Å². The van der Waals surface area contributed by atoms with Crippen LogP contribution in [0, 0.1) is 11.8 Å². The molecule has 0 aliphatic carbocycles. The first kappa shape index (κ1) is 6.60. The summed E-state index contributed by atoms with van der Waals surface area (Å²) in [5.41, 5.74) is 2.89. The van der Waals surface area contributed by atoms with Gasteiger partial charge in [-0.2, -0.15) is 0 Å². The number of hydrogen-bond donors (Lipinski definition) is 1. The molecule has 0 bridgehead atoms. The van der Waals surface area contributed by atoms with Crippen molar-refractivity contribution in [3.05, 3.63) is 22.9 Å². The Labute approximate surface area is 57.5 Å². The number of hydrogen-bond acceptors (Lipinski definition) is 4. The number of nitrogens with one attached hydrogen (secondary N) is 1. The number of nitrogens with zero attached hydrogens (tertiary/aromatic N) is 3. The summed E-state index contributed by atoms with van der Waals surface area (Å²) in [5.74, 6) is 0.231. The van der Waals surface area contributed by atoms with E-state index >= 15 is 0 Å². The van der Waals surface area contributed by atoms with Crippen LogP contribution in [0.4, 0.5) is 5.95 Å². The minimum Gasteiger partial charge on any atom is -0.220 e. The molecule has 0 aliphatic rings. The lowest BCUT2D eigenvalue weighted by Gasteiger charge is -1.93. The monoisotopic (exact) mass is 138 g/mol. The van der Waals surface area contributed by atoms with Gasteiger partial charge in [-0.25, -0.2) is 15.4 Å². The summed E-state index contributed by atoms with van der Waals surface area (Å²) in [6.07, 6.45) is 1.55. The van der Waals surface area contributed by atoms with Crippen molar-refractivity contribution in [2.45, 2.75) is 6.92 Å². The summed E-state index contributed by atoms with van der Waals surface area (Å²) in [4.78, 5) is 17.2. The molecule has 1 aromatic heterocycles. The second-order valence-electron chi connectivity index (χ2n) is 1.72. The minimum absolute atomic E-state index is 0.231. The average Bonchev–Trinajstić information content (AvgIpc) is 1.88. The van der Waals surface area contributed by atoms with Gasteiger partial charge in [0.05, 0.1) is 5.29 Å². The fraction of sp³-hybridized carbons (Fsp3) is 0.200. The van der Waals surface area contributed by atoms with Crippen molar-refractivity contribution >= 4 is 5.95 Å². The van der Waals surface area contributed by atoms with E-state index in [1.165, 1.54) is 0 Å². The van der Waals surface area contributed by atoms with Gasteiger partial charge in [-0.15, -0.1) is 4.91 Å². The normalized spacial score (nSPS) is 8.90. The van der Waals surface area contributed by atoms with Crippen molar-refractivity contribution in [3.8, 4) is 0 Å². The first-order chi connectivity index (χ1) is 4.83. The van der Waals surface area contributed by atoms with Crippen molar-refractivity contribution in [3.63, 3.8) is 0 Å². The lowest BCUT2D eigenvalue weighted by Crippen LogP contribution is -1.94. The highest BCUT2D eigenvalue weighted by molar-refractivity contribution is 5.22. The molecule has 0 spiro atoms. The fourth-order valence-electron chi connectivity index (χ4n) is 0.544. The van der Waals surface area contributed by atoms with Crippen LogP contribution in [0.2, 0.25) is 0 Å². The van der Waals surface area contributed by atoms with Crippen LogP contribution in [0.1, 0.15) is 5.69 Å². The largest absolute Gasteiger partial charge is 0.246 e. The summed E-state index contributed by atoms with van der Waals surface area (Å²) in [5, 5.41) is 2.42. The molecule has 52 valence electrons. The number of aromatic nitrogens is 2. The van der Waals surface area contributed by atoms with Crippen molar-refractivity contribution < 1.29 is 0 Å². The van der Waals surface area contributed by atoms with Gasteiger partial charge in [0.2, 0.25) is 5.95 Å². The van der Waals surface area contributed by atoms with Gasteiger partial charge in [0.15, 0.2) is 0 Å². The van der Waals surface area contributed by atoms with Crippen LogP contribution in [-0.4, -0.2) is 9.97 Å². The van der Waals surface area contributed by atoms with Crippen LogP contribution in [0.15, 0.2) is 17.5 Å². The first-order valence-electron chi connectivity index (χ1n) is 2.71. The standard InChI is InChI=1S/C5H6N4O/c1-4-2-3-6-5(7-4)8-9-10/h2-3H,1H3,(H,6,7,8,10). The summed E-state index contributed by atoms with van der Waals surface area (Å²) in [6.45, 7) is 1.80. The van der Waals surface area contributed by atoms with Crippen molar-refractivity contribution in [2.24, 2.45) is 5.29 Å². The first-order valence-corrected chi connectivity index (χ1v) is 2.71. The SMILES string of the molecule is Cc1ccnc(NN=O)n1. The number of anilines is 1. The van der Waals surface area contributed by atoms with Crippen LogP contribution >= 0.6 is 0 Å². The van der Waals surface area contributed by atoms with Crippen LogP contribution < -0.4 is 5.43 Å². The molecule has 5 nitrogen and oxygen atoms in total. The van der Waals surface area contributed by atoms with E-state index in [-0.39, 0.29) is 5.95 Å². The molecule has 0 aliphatic heterocycles. The molecular weight excluding hydrogens is 132 g/mol. The van der Waals surface area contributed by atoms with Crippen LogP contribution in [0.3, 0.4) is 0 Å². The van der Waals surface area contributed by atoms with Crippen molar-refractivity contribution in [2.75, 3.05) is 5.43 Å². The van der Waals surface area contributed by atoms with Gasteiger partial charge in [0.1, 0.15) is 0 Å². The summed E-state index contributed by atoms with van der Waals surface area (Å²) >= 11 is 0. The molecular formula is C5H6N4O. The van der Waals surface area contributed by atoms with E-state index < -0.39 is 0 Å². The zero-order valence-corrected chi connectivity index (χ0v) is 5.40. The summed E-state index contributed by atoms with van der Waals surface area (Å²) in [7, 11) is 0. The van der Waals surface area contributed by atoms with Gasteiger partial charge < -0.3 is 0 Å². The summed E-state index contributed by atoms with van der Waals surface area (Å²) < 4.78 is 0. The third-order valence-electron chi connectivity index (χ3n) is 0.940. The molecule has 1 aromatic rings. The van der Waals surface area contributed by atoms with Crippen LogP contribution in [0.25, 0.3) is 0 Å². The lowest BCUT2D eigenvalue weighted by molar-refractivity contribution is 1.07. The van der Waals surface area contributed by atoms with Crippen LogP contribution in [0.5, 0.6) is 0 Å². The quantitative estimate of drug-likeness (QED) is 0.486. The molecule has 1 rings (SSSR count). The molecule has 0 radical (unpaired) electrons. The Kier molecular flexibility index (Phi) is 1.89. The molecule has 0 fully saturated rings. The molecule has 0 unspecified atom stereocenters. The molecule has 1 heterocycles. The van der Waals surface area contributed by atoms with E-state index in [1.54, 1.807) is 19.2 Å². The maximum Gasteiger partial charge on any atom is 0.246 e. The van der Waals surface area contributed by atoms with E-state index in [0.29, 0.717) is 0 Å². The fourth-order valence-corrected chi connectivity index (χ4v) is 0.544. The Morgan fingerprint density at radius 1 is 1.70 bits per heavy atom. The van der Waals surface area contributed by atoms with Gasteiger partial charge in [0.25, 0.3) is 0 Å². The second-order valence-corrected chi connectivity index (χ2v) is 1.72. The highest BCUT2D eigenvalue weighted by Gasteiger charge is 1.91. The van der Waals surface area contributed by atoms with Gasteiger partial charge in [0, 0.05) is 11.9 Å². The zero-order valence-electron chi connectivity index (χ0n) is 5.40. The lowest BCUT2D eigenvalue weighted by atomic mass is 10.5. The third-order valence-corrected chi connectivity index (χ3v) is 0.940.